The monoisotopic (exact) mass is 360 g/mol. The van der Waals surface area contributed by atoms with E-state index in [1.54, 1.807) is 7.11 Å². The fraction of sp³-hybridized carbons (Fsp3) is 0.550. The van der Waals surface area contributed by atoms with Crippen LogP contribution in [0.5, 0.6) is 11.5 Å². The van der Waals surface area contributed by atoms with Crippen molar-refractivity contribution in [1.29, 1.82) is 0 Å². The van der Waals surface area contributed by atoms with Crippen molar-refractivity contribution in [3.8, 4) is 11.5 Å². The van der Waals surface area contributed by atoms with Crippen LogP contribution in [0.3, 0.4) is 0 Å². The van der Waals surface area contributed by atoms with Gasteiger partial charge in [0.1, 0.15) is 11.5 Å². The number of likely N-dealkylation sites (tertiary alicyclic amines) is 1. The third-order valence-electron chi connectivity index (χ3n) is 4.46. The first-order chi connectivity index (χ1) is 12.7. The van der Waals surface area contributed by atoms with Crippen LogP contribution in [0.15, 0.2) is 41.9 Å². The van der Waals surface area contributed by atoms with Crippen LogP contribution in [0.1, 0.15) is 19.3 Å². The van der Waals surface area contributed by atoms with Crippen molar-refractivity contribution in [2.75, 3.05) is 46.9 Å². The Balaban J connectivity index is 1.61. The number of ether oxygens (including phenoxy) is 2. The second-order valence-corrected chi connectivity index (χ2v) is 6.39. The first-order valence-electron chi connectivity index (χ1n) is 9.32. The molecule has 26 heavy (non-hydrogen) atoms. The van der Waals surface area contributed by atoms with Gasteiger partial charge in [-0.1, -0.05) is 12.1 Å². The molecule has 2 N–H and O–H groups in total. The molecule has 0 spiro atoms. The number of rotatable bonds is 9. The van der Waals surface area contributed by atoms with Gasteiger partial charge in [0, 0.05) is 45.3 Å². The fourth-order valence-corrected chi connectivity index (χ4v) is 2.99. The van der Waals surface area contributed by atoms with Gasteiger partial charge in [0.05, 0.1) is 13.7 Å². The number of methoxy groups -OCH3 is 1. The summed E-state index contributed by atoms with van der Waals surface area (Å²) in [7, 11) is 3.47. The Hall–Kier alpha value is -2.21. The molecule has 0 aromatic heterocycles. The summed E-state index contributed by atoms with van der Waals surface area (Å²) >= 11 is 0. The Bertz CT molecular complexity index is 569. The van der Waals surface area contributed by atoms with Gasteiger partial charge in [0.2, 0.25) is 0 Å². The molecule has 2 rings (SSSR count). The van der Waals surface area contributed by atoms with Crippen LogP contribution in [-0.2, 0) is 0 Å². The van der Waals surface area contributed by atoms with E-state index in [1.165, 1.54) is 0 Å². The lowest BCUT2D eigenvalue weighted by atomic mass is 10.1. The van der Waals surface area contributed by atoms with E-state index in [0.29, 0.717) is 12.6 Å². The fourth-order valence-electron chi connectivity index (χ4n) is 2.99. The number of nitrogens with zero attached hydrogens (tertiary/aromatic N) is 2. The van der Waals surface area contributed by atoms with E-state index in [1.807, 2.05) is 37.4 Å². The average molecular weight is 361 g/mol. The van der Waals surface area contributed by atoms with E-state index in [9.17, 15) is 0 Å². The molecule has 1 fully saturated rings. The zero-order valence-electron chi connectivity index (χ0n) is 16.0. The minimum Gasteiger partial charge on any atom is -0.497 e. The van der Waals surface area contributed by atoms with E-state index in [-0.39, 0.29) is 0 Å². The van der Waals surface area contributed by atoms with Crippen molar-refractivity contribution >= 4 is 5.96 Å². The Morgan fingerprint density at radius 1 is 1.35 bits per heavy atom. The third-order valence-corrected chi connectivity index (χ3v) is 4.46. The lowest BCUT2D eigenvalue weighted by Gasteiger charge is -2.32. The zero-order valence-corrected chi connectivity index (χ0v) is 16.0. The molecule has 6 heteroatoms. The quantitative estimate of drug-likeness (QED) is 0.306. The van der Waals surface area contributed by atoms with Crippen LogP contribution in [0, 0.1) is 0 Å². The minimum atomic E-state index is 0.482. The van der Waals surface area contributed by atoms with Crippen molar-refractivity contribution in [1.82, 2.24) is 15.5 Å². The topological polar surface area (TPSA) is 58.1 Å². The van der Waals surface area contributed by atoms with Gasteiger partial charge in [0.25, 0.3) is 0 Å². The molecule has 1 aromatic carbocycles. The second kappa shape index (κ2) is 11.4. The maximum absolute atomic E-state index is 5.75. The van der Waals surface area contributed by atoms with Gasteiger partial charge in [0.15, 0.2) is 5.96 Å². The SMILES string of the molecule is C=CCN1CCC(NC(=NC)NCCCOc2cccc(OC)c2)CC1. The lowest BCUT2D eigenvalue weighted by molar-refractivity contribution is 0.225. The van der Waals surface area contributed by atoms with Gasteiger partial charge in [-0.05, 0) is 31.4 Å². The summed E-state index contributed by atoms with van der Waals surface area (Å²) in [5.74, 6) is 2.51. The molecule has 0 radical (unpaired) electrons. The van der Waals surface area contributed by atoms with E-state index in [4.69, 9.17) is 9.47 Å². The Morgan fingerprint density at radius 3 is 2.81 bits per heavy atom. The molecule has 1 saturated heterocycles. The molecular weight excluding hydrogens is 328 g/mol. The highest BCUT2D eigenvalue weighted by atomic mass is 16.5. The number of piperidine rings is 1. The number of hydrogen-bond acceptors (Lipinski definition) is 4. The second-order valence-electron chi connectivity index (χ2n) is 6.39. The molecule has 0 atom stereocenters. The van der Waals surface area contributed by atoms with Crippen molar-refractivity contribution in [3.05, 3.63) is 36.9 Å². The predicted octanol–water partition coefficient (Wildman–Crippen LogP) is 2.28. The van der Waals surface area contributed by atoms with E-state index < -0.39 is 0 Å². The largest absolute Gasteiger partial charge is 0.497 e. The highest BCUT2D eigenvalue weighted by molar-refractivity contribution is 5.79. The summed E-state index contributed by atoms with van der Waals surface area (Å²) in [4.78, 5) is 6.75. The van der Waals surface area contributed by atoms with Gasteiger partial charge in [-0.3, -0.25) is 9.89 Å². The maximum atomic E-state index is 5.75. The van der Waals surface area contributed by atoms with Gasteiger partial charge in [-0.25, -0.2) is 0 Å². The van der Waals surface area contributed by atoms with Gasteiger partial charge in [-0.2, -0.15) is 0 Å². The first kappa shape index (κ1) is 20.1. The molecule has 1 heterocycles. The summed E-state index contributed by atoms with van der Waals surface area (Å²) in [6.45, 7) is 8.47. The molecule has 1 aliphatic rings. The zero-order chi connectivity index (χ0) is 18.6. The van der Waals surface area contributed by atoms with Crippen molar-refractivity contribution in [2.45, 2.75) is 25.3 Å². The van der Waals surface area contributed by atoms with E-state index >= 15 is 0 Å². The Kier molecular flexibility index (Phi) is 8.83. The van der Waals surface area contributed by atoms with Crippen molar-refractivity contribution < 1.29 is 9.47 Å². The summed E-state index contributed by atoms with van der Waals surface area (Å²) < 4.78 is 11.0. The number of nitrogens with one attached hydrogen (secondary N) is 2. The average Bonchev–Trinajstić information content (AvgIpc) is 2.68. The minimum absolute atomic E-state index is 0.482. The summed E-state index contributed by atoms with van der Waals surface area (Å²) in [6, 6.07) is 8.15. The number of guanidine groups is 1. The smallest absolute Gasteiger partial charge is 0.191 e. The van der Waals surface area contributed by atoms with Crippen LogP contribution >= 0.6 is 0 Å². The molecule has 6 nitrogen and oxygen atoms in total. The standard InChI is InChI=1S/C20H32N4O2/c1-4-12-24-13-9-17(10-14-24)23-20(21-2)22-11-6-15-26-19-8-5-7-18(16-19)25-3/h4-5,7-8,16-17H,1,6,9-15H2,2-3H3,(H2,21,22,23). The maximum Gasteiger partial charge on any atom is 0.191 e. The lowest BCUT2D eigenvalue weighted by Crippen LogP contribution is -2.48. The highest BCUT2D eigenvalue weighted by Gasteiger charge is 2.18. The summed E-state index contributed by atoms with van der Waals surface area (Å²) in [5, 5.41) is 6.89. The van der Waals surface area contributed by atoms with Crippen LogP contribution in [-0.4, -0.2) is 63.8 Å². The van der Waals surface area contributed by atoms with Crippen LogP contribution in [0.25, 0.3) is 0 Å². The molecular formula is C20H32N4O2. The van der Waals surface area contributed by atoms with Crippen molar-refractivity contribution in [2.24, 2.45) is 4.99 Å². The Labute approximate surface area is 157 Å². The summed E-state index contributed by atoms with van der Waals surface area (Å²) in [6.07, 6.45) is 5.14. The van der Waals surface area contributed by atoms with Crippen LogP contribution < -0.4 is 20.1 Å². The highest BCUT2D eigenvalue weighted by Crippen LogP contribution is 2.18. The van der Waals surface area contributed by atoms with Crippen LogP contribution in [0.2, 0.25) is 0 Å². The normalized spacial score (nSPS) is 16.2. The molecule has 0 bridgehead atoms. The number of benzene rings is 1. The molecule has 0 unspecified atom stereocenters. The Morgan fingerprint density at radius 2 is 2.12 bits per heavy atom. The molecule has 0 amide bonds. The molecule has 1 aromatic rings. The van der Waals surface area contributed by atoms with Gasteiger partial charge in [-0.15, -0.1) is 6.58 Å². The van der Waals surface area contributed by atoms with E-state index in [0.717, 1.165) is 62.9 Å². The number of aliphatic imine (C=N–C) groups is 1. The van der Waals surface area contributed by atoms with E-state index in [2.05, 4.69) is 27.1 Å². The third kappa shape index (κ3) is 6.96. The van der Waals surface area contributed by atoms with Crippen molar-refractivity contribution in [3.63, 3.8) is 0 Å². The number of hydrogen-bond donors (Lipinski definition) is 2. The van der Waals surface area contributed by atoms with Gasteiger partial charge < -0.3 is 20.1 Å². The molecule has 0 aliphatic carbocycles. The van der Waals surface area contributed by atoms with Gasteiger partial charge >= 0.3 is 0 Å². The molecule has 144 valence electrons. The summed E-state index contributed by atoms with van der Waals surface area (Å²) in [5.41, 5.74) is 0. The molecule has 1 aliphatic heterocycles. The molecule has 0 saturated carbocycles. The predicted molar refractivity (Wildman–Crippen MR) is 107 cm³/mol. The van der Waals surface area contributed by atoms with Crippen LogP contribution in [0.4, 0.5) is 0 Å². The first-order valence-corrected chi connectivity index (χ1v) is 9.32.